The number of nitrogen functional groups attached to an aromatic ring is 1. The third kappa shape index (κ3) is 2.17. The van der Waals surface area contributed by atoms with Crippen molar-refractivity contribution in [3.8, 4) is 0 Å². The fourth-order valence-electron chi connectivity index (χ4n) is 2.90. The number of sulfonamides is 1. The highest BCUT2D eigenvalue weighted by molar-refractivity contribution is 7.93. The van der Waals surface area contributed by atoms with Crippen molar-refractivity contribution in [2.24, 2.45) is 0 Å². The van der Waals surface area contributed by atoms with Crippen molar-refractivity contribution in [1.29, 1.82) is 0 Å². The van der Waals surface area contributed by atoms with Gasteiger partial charge in [0.1, 0.15) is 0 Å². The molecule has 2 aromatic carbocycles. The minimum absolute atomic E-state index is 0.0896. The lowest BCUT2D eigenvalue weighted by Crippen LogP contribution is -2.36. The number of benzene rings is 2. The zero-order chi connectivity index (χ0) is 15.2. The van der Waals surface area contributed by atoms with Crippen LogP contribution in [0.2, 0.25) is 0 Å². The molecule has 0 saturated heterocycles. The summed E-state index contributed by atoms with van der Waals surface area (Å²) < 4.78 is 27.6. The number of fused-ring (bicyclic) bond motifs is 1. The topological polar surface area (TPSA) is 63.4 Å². The lowest BCUT2D eigenvalue weighted by atomic mass is 10.1. The van der Waals surface area contributed by atoms with Crippen LogP contribution in [0, 0.1) is 6.92 Å². The molecule has 0 bridgehead atoms. The van der Waals surface area contributed by atoms with E-state index in [1.54, 1.807) is 25.1 Å². The van der Waals surface area contributed by atoms with Crippen LogP contribution >= 0.6 is 0 Å². The van der Waals surface area contributed by atoms with Crippen molar-refractivity contribution >= 4 is 21.4 Å². The van der Waals surface area contributed by atoms with Crippen LogP contribution in [0.5, 0.6) is 0 Å². The molecule has 0 fully saturated rings. The highest BCUT2D eigenvalue weighted by Crippen LogP contribution is 2.37. The van der Waals surface area contributed by atoms with Gasteiger partial charge in [0.25, 0.3) is 10.0 Å². The minimum atomic E-state index is -3.60. The molecular weight excluding hydrogens is 284 g/mol. The SMILES string of the molecule is Cc1ccc(N)cc1S(=O)(=O)N1c2ccccc2CC1C. The van der Waals surface area contributed by atoms with Gasteiger partial charge in [-0.15, -0.1) is 0 Å². The highest BCUT2D eigenvalue weighted by Gasteiger charge is 2.36. The molecule has 2 aromatic rings. The van der Waals surface area contributed by atoms with Crippen LogP contribution in [0.25, 0.3) is 0 Å². The van der Waals surface area contributed by atoms with E-state index in [0.29, 0.717) is 11.3 Å². The van der Waals surface area contributed by atoms with Crippen LogP contribution in [0.4, 0.5) is 11.4 Å². The summed E-state index contributed by atoms with van der Waals surface area (Å²) in [6, 6.07) is 12.6. The number of rotatable bonds is 2. The summed E-state index contributed by atoms with van der Waals surface area (Å²) in [5.41, 5.74) is 8.77. The Balaban J connectivity index is 2.17. The fraction of sp³-hybridized carbons (Fsp3) is 0.250. The average molecular weight is 302 g/mol. The second kappa shape index (κ2) is 4.77. The normalized spacial score (nSPS) is 17.8. The van der Waals surface area contributed by atoms with E-state index >= 15 is 0 Å². The molecule has 5 heteroatoms. The Kier molecular flexibility index (Phi) is 3.17. The number of para-hydroxylation sites is 1. The van der Waals surface area contributed by atoms with Gasteiger partial charge in [0, 0.05) is 11.7 Å². The molecule has 0 aliphatic carbocycles. The number of hydrogen-bond donors (Lipinski definition) is 1. The molecule has 110 valence electrons. The molecule has 3 rings (SSSR count). The first-order valence-corrected chi connectivity index (χ1v) is 8.34. The van der Waals surface area contributed by atoms with E-state index in [9.17, 15) is 8.42 Å². The molecule has 0 aromatic heterocycles. The van der Waals surface area contributed by atoms with E-state index in [2.05, 4.69) is 0 Å². The zero-order valence-electron chi connectivity index (χ0n) is 12.1. The fourth-order valence-corrected chi connectivity index (χ4v) is 4.86. The summed E-state index contributed by atoms with van der Waals surface area (Å²) in [6.07, 6.45) is 0.733. The number of aryl methyl sites for hydroxylation is 1. The van der Waals surface area contributed by atoms with Gasteiger partial charge in [0.2, 0.25) is 0 Å². The second-order valence-corrected chi connectivity index (χ2v) is 7.29. The van der Waals surface area contributed by atoms with Crippen LogP contribution in [-0.4, -0.2) is 14.5 Å². The van der Waals surface area contributed by atoms with Crippen molar-refractivity contribution in [2.45, 2.75) is 31.2 Å². The standard InChI is InChI=1S/C16H18N2O2S/c1-11-7-8-14(17)10-16(11)21(19,20)18-12(2)9-13-5-3-4-6-15(13)18/h3-8,10,12H,9,17H2,1-2H3. The minimum Gasteiger partial charge on any atom is -0.399 e. The van der Waals surface area contributed by atoms with Crippen LogP contribution in [0.3, 0.4) is 0 Å². The van der Waals surface area contributed by atoms with E-state index in [-0.39, 0.29) is 10.9 Å². The Bertz CT molecular complexity index is 800. The highest BCUT2D eigenvalue weighted by atomic mass is 32.2. The van der Waals surface area contributed by atoms with Crippen molar-refractivity contribution < 1.29 is 8.42 Å². The number of nitrogens with two attached hydrogens (primary N) is 1. The summed E-state index contributed by atoms with van der Waals surface area (Å²) >= 11 is 0. The van der Waals surface area contributed by atoms with E-state index < -0.39 is 10.0 Å². The summed E-state index contributed by atoms with van der Waals surface area (Å²) in [6.45, 7) is 3.72. The molecule has 0 radical (unpaired) electrons. The smallest absolute Gasteiger partial charge is 0.264 e. The van der Waals surface area contributed by atoms with Gasteiger partial charge in [-0.25, -0.2) is 8.42 Å². The molecule has 0 saturated carbocycles. The first-order chi connectivity index (χ1) is 9.91. The molecule has 4 nitrogen and oxygen atoms in total. The van der Waals surface area contributed by atoms with Crippen LogP contribution in [0.1, 0.15) is 18.1 Å². The molecule has 2 N–H and O–H groups in total. The summed E-state index contributed by atoms with van der Waals surface area (Å²) in [7, 11) is -3.60. The van der Waals surface area contributed by atoms with Gasteiger partial charge in [-0.2, -0.15) is 0 Å². The van der Waals surface area contributed by atoms with E-state index in [0.717, 1.165) is 17.7 Å². The third-order valence-corrected chi connectivity index (χ3v) is 5.96. The summed E-state index contributed by atoms with van der Waals surface area (Å²) in [4.78, 5) is 0.283. The maximum Gasteiger partial charge on any atom is 0.264 e. The summed E-state index contributed by atoms with van der Waals surface area (Å²) in [5, 5.41) is 0. The monoisotopic (exact) mass is 302 g/mol. The van der Waals surface area contributed by atoms with Crippen molar-refractivity contribution in [1.82, 2.24) is 0 Å². The largest absolute Gasteiger partial charge is 0.399 e. The van der Waals surface area contributed by atoms with Crippen LogP contribution in [-0.2, 0) is 16.4 Å². The molecule has 0 spiro atoms. The maximum atomic E-state index is 13.1. The number of nitrogens with zero attached hydrogens (tertiary/aromatic N) is 1. The molecule has 0 amide bonds. The average Bonchev–Trinajstić information content (AvgIpc) is 2.77. The number of anilines is 2. The molecule has 1 aliphatic rings. The van der Waals surface area contributed by atoms with Gasteiger partial charge in [0.05, 0.1) is 10.6 Å². The van der Waals surface area contributed by atoms with Crippen molar-refractivity contribution in [3.05, 3.63) is 53.6 Å². The Morgan fingerprint density at radius 1 is 1.19 bits per heavy atom. The van der Waals surface area contributed by atoms with Crippen molar-refractivity contribution in [3.63, 3.8) is 0 Å². The van der Waals surface area contributed by atoms with Crippen molar-refractivity contribution in [2.75, 3.05) is 10.0 Å². The van der Waals surface area contributed by atoms with Gasteiger partial charge in [0.15, 0.2) is 0 Å². The second-order valence-electron chi connectivity index (χ2n) is 5.51. The Hall–Kier alpha value is -2.01. The molecule has 1 heterocycles. The quantitative estimate of drug-likeness (QED) is 0.868. The van der Waals surface area contributed by atoms with Gasteiger partial charge in [-0.1, -0.05) is 24.3 Å². The Morgan fingerprint density at radius 3 is 2.67 bits per heavy atom. The first kappa shape index (κ1) is 13.9. The van der Waals surface area contributed by atoms with E-state index in [1.165, 1.54) is 4.31 Å². The van der Waals surface area contributed by atoms with E-state index in [4.69, 9.17) is 5.73 Å². The summed E-state index contributed by atoms with van der Waals surface area (Å²) in [5.74, 6) is 0. The van der Waals surface area contributed by atoms with Gasteiger partial charge < -0.3 is 5.73 Å². The van der Waals surface area contributed by atoms with Gasteiger partial charge >= 0.3 is 0 Å². The lowest BCUT2D eigenvalue weighted by Gasteiger charge is -2.25. The number of hydrogen-bond acceptors (Lipinski definition) is 3. The molecule has 1 unspecified atom stereocenters. The van der Waals surface area contributed by atoms with Crippen LogP contribution in [0.15, 0.2) is 47.4 Å². The predicted molar refractivity (Wildman–Crippen MR) is 84.9 cm³/mol. The molecular formula is C16H18N2O2S. The Morgan fingerprint density at radius 2 is 1.90 bits per heavy atom. The van der Waals surface area contributed by atoms with Crippen LogP contribution < -0.4 is 10.0 Å². The first-order valence-electron chi connectivity index (χ1n) is 6.90. The predicted octanol–water partition coefficient (Wildman–Crippen LogP) is 2.72. The maximum absolute atomic E-state index is 13.1. The van der Waals surface area contributed by atoms with Gasteiger partial charge in [-0.05, 0) is 49.6 Å². The van der Waals surface area contributed by atoms with E-state index in [1.807, 2.05) is 31.2 Å². The third-order valence-electron chi connectivity index (χ3n) is 3.89. The Labute approximate surface area is 125 Å². The molecule has 1 aliphatic heterocycles. The van der Waals surface area contributed by atoms with Gasteiger partial charge in [-0.3, -0.25) is 4.31 Å². The zero-order valence-corrected chi connectivity index (χ0v) is 12.9. The lowest BCUT2D eigenvalue weighted by molar-refractivity contribution is 0.583. The molecule has 21 heavy (non-hydrogen) atoms. The molecule has 1 atom stereocenters.